The van der Waals surface area contributed by atoms with Crippen LogP contribution < -0.4 is 0 Å². The lowest BCUT2D eigenvalue weighted by atomic mass is 9.78. The van der Waals surface area contributed by atoms with Gasteiger partial charge in [-0.3, -0.25) is 9.59 Å². The van der Waals surface area contributed by atoms with E-state index in [1.54, 1.807) is 0 Å². The number of nitrogens with zero attached hydrogens (tertiary/aromatic N) is 1. The smallest absolute Gasteiger partial charge is 0.307 e. The van der Waals surface area contributed by atoms with E-state index in [9.17, 15) is 14.7 Å². The molecule has 0 spiro atoms. The number of amides is 1. The number of hydrogen-bond acceptors (Lipinski definition) is 3. The molecule has 0 bridgehead atoms. The van der Waals surface area contributed by atoms with Crippen LogP contribution in [0.3, 0.4) is 0 Å². The van der Waals surface area contributed by atoms with Crippen LogP contribution in [0.1, 0.15) is 25.7 Å². The third-order valence-corrected chi connectivity index (χ3v) is 4.67. The van der Waals surface area contributed by atoms with Gasteiger partial charge in [0.25, 0.3) is 0 Å². The van der Waals surface area contributed by atoms with Gasteiger partial charge in [-0.15, -0.1) is 0 Å². The summed E-state index contributed by atoms with van der Waals surface area (Å²) in [4.78, 5) is 25.4. The van der Waals surface area contributed by atoms with E-state index in [1.807, 2.05) is 16.7 Å². The lowest BCUT2D eigenvalue weighted by Gasteiger charge is -2.34. The SMILES string of the molecule is O=C(O)C1CCCCC1C(=O)N1CCSCC1. The van der Waals surface area contributed by atoms with Crippen LogP contribution in [-0.2, 0) is 9.59 Å². The zero-order valence-electron chi connectivity index (χ0n) is 9.93. The largest absolute Gasteiger partial charge is 0.481 e. The van der Waals surface area contributed by atoms with Crippen LogP contribution >= 0.6 is 11.8 Å². The Labute approximate surface area is 106 Å². The Kier molecular flexibility index (Phi) is 4.31. The highest BCUT2D eigenvalue weighted by molar-refractivity contribution is 7.99. The second-order valence-corrected chi connectivity index (χ2v) is 6.00. The third-order valence-electron chi connectivity index (χ3n) is 3.72. The van der Waals surface area contributed by atoms with Gasteiger partial charge in [0.2, 0.25) is 5.91 Å². The van der Waals surface area contributed by atoms with Crippen molar-refractivity contribution in [3.8, 4) is 0 Å². The monoisotopic (exact) mass is 257 g/mol. The first-order chi connectivity index (χ1) is 8.20. The van der Waals surface area contributed by atoms with E-state index in [0.717, 1.165) is 43.9 Å². The molecule has 1 aliphatic heterocycles. The van der Waals surface area contributed by atoms with E-state index in [-0.39, 0.29) is 11.8 Å². The van der Waals surface area contributed by atoms with Gasteiger partial charge in [0.15, 0.2) is 0 Å². The molecule has 2 atom stereocenters. The fourth-order valence-electron chi connectivity index (χ4n) is 2.74. The van der Waals surface area contributed by atoms with Crippen molar-refractivity contribution in [2.24, 2.45) is 11.8 Å². The summed E-state index contributed by atoms with van der Waals surface area (Å²) >= 11 is 1.86. The molecule has 1 amide bonds. The van der Waals surface area contributed by atoms with Crippen LogP contribution in [0.2, 0.25) is 0 Å². The molecule has 1 saturated heterocycles. The fourth-order valence-corrected chi connectivity index (χ4v) is 3.64. The van der Waals surface area contributed by atoms with Crippen LogP contribution in [0.5, 0.6) is 0 Å². The number of rotatable bonds is 2. The van der Waals surface area contributed by atoms with Gasteiger partial charge in [-0.2, -0.15) is 11.8 Å². The number of aliphatic carboxylic acids is 1. The molecule has 1 heterocycles. The third kappa shape index (κ3) is 2.94. The number of carbonyl (C=O) groups is 2. The van der Waals surface area contributed by atoms with Gasteiger partial charge in [-0.1, -0.05) is 12.8 Å². The minimum absolute atomic E-state index is 0.0809. The van der Waals surface area contributed by atoms with Crippen LogP contribution in [0.15, 0.2) is 0 Å². The van der Waals surface area contributed by atoms with Crippen LogP contribution in [-0.4, -0.2) is 46.5 Å². The Morgan fingerprint density at radius 2 is 1.65 bits per heavy atom. The van der Waals surface area contributed by atoms with Gasteiger partial charge in [-0.25, -0.2) is 0 Å². The van der Waals surface area contributed by atoms with E-state index >= 15 is 0 Å². The molecular weight excluding hydrogens is 238 g/mol. The number of hydrogen-bond donors (Lipinski definition) is 1. The molecule has 17 heavy (non-hydrogen) atoms. The Morgan fingerprint density at radius 1 is 1.06 bits per heavy atom. The number of carboxylic acids is 1. The molecule has 1 saturated carbocycles. The Hall–Kier alpha value is -0.710. The van der Waals surface area contributed by atoms with Gasteiger partial charge in [-0.05, 0) is 12.8 Å². The number of carboxylic acid groups (broad SMARTS) is 1. The minimum Gasteiger partial charge on any atom is -0.481 e. The summed E-state index contributed by atoms with van der Waals surface area (Å²) in [5.74, 6) is 0.522. The highest BCUT2D eigenvalue weighted by Gasteiger charge is 2.37. The summed E-state index contributed by atoms with van der Waals surface area (Å²) in [6, 6.07) is 0. The lowest BCUT2D eigenvalue weighted by molar-refractivity contribution is -0.152. The molecule has 4 nitrogen and oxygen atoms in total. The standard InChI is InChI=1S/C12H19NO3S/c14-11(13-5-7-17-8-6-13)9-3-1-2-4-10(9)12(15)16/h9-10H,1-8H2,(H,15,16). The van der Waals surface area contributed by atoms with Gasteiger partial charge in [0, 0.05) is 24.6 Å². The summed E-state index contributed by atoms with van der Waals surface area (Å²) in [6.45, 7) is 1.57. The summed E-state index contributed by atoms with van der Waals surface area (Å²) in [5, 5.41) is 9.18. The molecule has 1 N–H and O–H groups in total. The molecule has 0 aromatic rings. The van der Waals surface area contributed by atoms with Crippen molar-refractivity contribution in [3.05, 3.63) is 0 Å². The zero-order valence-corrected chi connectivity index (χ0v) is 10.7. The van der Waals surface area contributed by atoms with E-state index in [0.29, 0.717) is 6.42 Å². The highest BCUT2D eigenvalue weighted by Crippen LogP contribution is 2.32. The molecule has 5 heteroatoms. The van der Waals surface area contributed by atoms with Crippen LogP contribution in [0.4, 0.5) is 0 Å². The average Bonchev–Trinajstić information content (AvgIpc) is 2.39. The predicted molar refractivity (Wildman–Crippen MR) is 67.0 cm³/mol. The quantitative estimate of drug-likeness (QED) is 0.813. The molecule has 2 rings (SSSR count). The maximum absolute atomic E-state index is 12.3. The molecule has 1 aliphatic carbocycles. The van der Waals surface area contributed by atoms with Crippen molar-refractivity contribution >= 4 is 23.6 Å². The molecule has 0 aromatic heterocycles. The van der Waals surface area contributed by atoms with Gasteiger partial charge < -0.3 is 10.0 Å². The number of thioether (sulfide) groups is 1. The van der Waals surface area contributed by atoms with E-state index in [1.165, 1.54) is 0 Å². The number of carbonyl (C=O) groups excluding carboxylic acids is 1. The first kappa shape index (κ1) is 12.7. The van der Waals surface area contributed by atoms with Crippen molar-refractivity contribution in [3.63, 3.8) is 0 Å². The summed E-state index contributed by atoms with van der Waals surface area (Å²) < 4.78 is 0. The topological polar surface area (TPSA) is 57.6 Å². The molecule has 2 unspecified atom stereocenters. The molecule has 0 aromatic carbocycles. The van der Waals surface area contributed by atoms with Gasteiger partial charge >= 0.3 is 5.97 Å². The van der Waals surface area contributed by atoms with Crippen molar-refractivity contribution in [1.82, 2.24) is 4.90 Å². The molecule has 96 valence electrons. The molecular formula is C12H19NO3S. The fraction of sp³-hybridized carbons (Fsp3) is 0.833. The maximum atomic E-state index is 12.3. The first-order valence-electron chi connectivity index (χ1n) is 6.29. The van der Waals surface area contributed by atoms with E-state index in [2.05, 4.69) is 0 Å². The maximum Gasteiger partial charge on any atom is 0.307 e. The normalized spacial score (nSPS) is 30.0. The van der Waals surface area contributed by atoms with Crippen molar-refractivity contribution < 1.29 is 14.7 Å². The lowest BCUT2D eigenvalue weighted by Crippen LogP contribution is -2.45. The Bertz CT molecular complexity index is 302. The minimum atomic E-state index is -0.797. The summed E-state index contributed by atoms with van der Waals surface area (Å²) in [7, 11) is 0. The van der Waals surface area contributed by atoms with Crippen molar-refractivity contribution in [1.29, 1.82) is 0 Å². The highest BCUT2D eigenvalue weighted by atomic mass is 32.2. The van der Waals surface area contributed by atoms with E-state index in [4.69, 9.17) is 0 Å². The summed E-state index contributed by atoms with van der Waals surface area (Å²) in [6.07, 6.45) is 3.34. The average molecular weight is 257 g/mol. The van der Waals surface area contributed by atoms with Gasteiger partial charge in [0.05, 0.1) is 11.8 Å². The zero-order chi connectivity index (χ0) is 12.3. The molecule has 2 aliphatic rings. The van der Waals surface area contributed by atoms with Crippen LogP contribution in [0, 0.1) is 11.8 Å². The van der Waals surface area contributed by atoms with E-state index < -0.39 is 11.9 Å². The van der Waals surface area contributed by atoms with Crippen LogP contribution in [0.25, 0.3) is 0 Å². The van der Waals surface area contributed by atoms with Crippen molar-refractivity contribution in [2.75, 3.05) is 24.6 Å². The predicted octanol–water partition coefficient (Wildman–Crippen LogP) is 1.45. The molecule has 0 radical (unpaired) electrons. The Morgan fingerprint density at radius 3 is 2.24 bits per heavy atom. The second-order valence-electron chi connectivity index (χ2n) is 4.77. The summed E-state index contributed by atoms with van der Waals surface area (Å²) in [5.41, 5.74) is 0. The van der Waals surface area contributed by atoms with Gasteiger partial charge in [0.1, 0.15) is 0 Å². The first-order valence-corrected chi connectivity index (χ1v) is 7.45. The molecule has 2 fully saturated rings. The Balaban J connectivity index is 2.02. The van der Waals surface area contributed by atoms with Crippen molar-refractivity contribution in [2.45, 2.75) is 25.7 Å². The second kappa shape index (κ2) is 5.76.